The molecule has 0 saturated carbocycles. The lowest BCUT2D eigenvalue weighted by Gasteiger charge is -2.17. The van der Waals surface area contributed by atoms with Gasteiger partial charge in [0, 0.05) is 17.7 Å². The van der Waals surface area contributed by atoms with E-state index < -0.39 is 5.69 Å². The number of nitrogens with one attached hydrogen (secondary N) is 1. The molecule has 0 aliphatic carbocycles. The lowest BCUT2D eigenvalue weighted by Crippen LogP contribution is -2.36. The highest BCUT2D eigenvalue weighted by Crippen LogP contribution is 2.28. The second-order valence-electron chi connectivity index (χ2n) is 7.11. The van der Waals surface area contributed by atoms with Crippen LogP contribution in [0, 0.1) is 0 Å². The monoisotopic (exact) mass is 424 g/mol. The first kappa shape index (κ1) is 22.4. The number of nitrogens with zero attached hydrogens (tertiary/aromatic N) is 1. The first-order valence-corrected chi connectivity index (χ1v) is 10.2. The van der Waals surface area contributed by atoms with E-state index in [2.05, 4.69) is 4.98 Å². The minimum absolute atomic E-state index is 0.0675. The minimum Gasteiger partial charge on any atom is -0.493 e. The molecule has 2 aromatic carbocycles. The molecule has 0 spiro atoms. The van der Waals surface area contributed by atoms with Gasteiger partial charge in [0.1, 0.15) is 6.73 Å². The number of benzene rings is 2. The molecule has 1 aromatic heterocycles. The van der Waals surface area contributed by atoms with Crippen LogP contribution in [0.25, 0.3) is 0 Å². The number of rotatable bonds is 10. The summed E-state index contributed by atoms with van der Waals surface area (Å²) in [6, 6.07) is 15.6. The Kier molecular flexibility index (Phi) is 7.67. The largest absolute Gasteiger partial charge is 0.493 e. The van der Waals surface area contributed by atoms with Crippen LogP contribution in [-0.2, 0) is 30.7 Å². The number of hydrogen-bond donors (Lipinski definition) is 1. The van der Waals surface area contributed by atoms with Gasteiger partial charge in [-0.1, -0.05) is 43.3 Å². The highest BCUT2D eigenvalue weighted by Gasteiger charge is 2.15. The molecule has 0 amide bonds. The Bertz CT molecular complexity index is 1120. The van der Waals surface area contributed by atoms with Crippen molar-refractivity contribution in [1.29, 1.82) is 0 Å². The average Bonchev–Trinajstić information content (AvgIpc) is 2.79. The summed E-state index contributed by atoms with van der Waals surface area (Å²) in [7, 11) is 3.15. The third-order valence-electron chi connectivity index (χ3n) is 5.19. The van der Waals surface area contributed by atoms with Gasteiger partial charge in [-0.25, -0.2) is 4.79 Å². The predicted octanol–water partition coefficient (Wildman–Crippen LogP) is 2.92. The zero-order valence-corrected chi connectivity index (χ0v) is 18.1. The Labute approximate surface area is 181 Å². The molecule has 0 fully saturated rings. The molecule has 0 radical (unpaired) electrons. The summed E-state index contributed by atoms with van der Waals surface area (Å²) in [5.74, 6) is 1.21. The van der Waals surface area contributed by atoms with Crippen molar-refractivity contribution >= 4 is 0 Å². The van der Waals surface area contributed by atoms with Gasteiger partial charge in [-0.15, -0.1) is 0 Å². The topological polar surface area (TPSA) is 82.6 Å². The molecular weight excluding hydrogens is 396 g/mol. The molecule has 7 nitrogen and oxygen atoms in total. The number of aromatic nitrogens is 2. The highest BCUT2D eigenvalue weighted by molar-refractivity contribution is 5.44. The Balaban J connectivity index is 1.86. The minimum atomic E-state index is -0.475. The summed E-state index contributed by atoms with van der Waals surface area (Å²) in [6.07, 6.45) is 1.64. The van der Waals surface area contributed by atoms with Crippen molar-refractivity contribution in [2.45, 2.75) is 32.9 Å². The van der Waals surface area contributed by atoms with Crippen LogP contribution in [0.1, 0.15) is 29.3 Å². The van der Waals surface area contributed by atoms with Gasteiger partial charge in [-0.05, 0) is 36.1 Å². The Morgan fingerprint density at radius 3 is 2.35 bits per heavy atom. The van der Waals surface area contributed by atoms with Gasteiger partial charge in [0.2, 0.25) is 0 Å². The van der Waals surface area contributed by atoms with E-state index in [0.717, 1.165) is 17.5 Å². The van der Waals surface area contributed by atoms with Crippen molar-refractivity contribution < 1.29 is 14.2 Å². The van der Waals surface area contributed by atoms with Gasteiger partial charge < -0.3 is 14.2 Å². The van der Waals surface area contributed by atoms with E-state index in [9.17, 15) is 9.59 Å². The maximum Gasteiger partial charge on any atom is 0.330 e. The fraction of sp³-hybridized carbons (Fsp3) is 0.333. The number of hydrogen-bond acceptors (Lipinski definition) is 5. The van der Waals surface area contributed by atoms with Gasteiger partial charge in [0.15, 0.2) is 11.5 Å². The van der Waals surface area contributed by atoms with Crippen molar-refractivity contribution in [2.24, 2.45) is 0 Å². The molecule has 1 heterocycles. The summed E-state index contributed by atoms with van der Waals surface area (Å²) in [4.78, 5) is 27.4. The van der Waals surface area contributed by atoms with Gasteiger partial charge in [0.25, 0.3) is 5.56 Å². The molecular formula is C24H28N2O5. The summed E-state index contributed by atoms with van der Waals surface area (Å²) < 4.78 is 18.0. The van der Waals surface area contributed by atoms with Crippen LogP contribution >= 0.6 is 0 Å². The van der Waals surface area contributed by atoms with Gasteiger partial charge in [-0.3, -0.25) is 14.3 Å². The molecule has 0 saturated heterocycles. The second-order valence-corrected chi connectivity index (χ2v) is 7.11. The number of ether oxygens (including phenoxy) is 3. The fourth-order valence-electron chi connectivity index (χ4n) is 3.53. The second kappa shape index (κ2) is 10.6. The Hall–Kier alpha value is -3.32. The summed E-state index contributed by atoms with van der Waals surface area (Å²) >= 11 is 0. The van der Waals surface area contributed by atoms with Crippen LogP contribution in [0.2, 0.25) is 0 Å². The van der Waals surface area contributed by atoms with Crippen molar-refractivity contribution in [1.82, 2.24) is 9.55 Å². The van der Waals surface area contributed by atoms with Crippen LogP contribution in [0.15, 0.2) is 58.1 Å². The first-order valence-electron chi connectivity index (χ1n) is 10.2. The summed E-state index contributed by atoms with van der Waals surface area (Å²) in [6.45, 7) is 2.43. The fourth-order valence-corrected chi connectivity index (χ4v) is 3.53. The molecule has 31 heavy (non-hydrogen) atoms. The van der Waals surface area contributed by atoms with E-state index >= 15 is 0 Å². The summed E-state index contributed by atoms with van der Waals surface area (Å²) in [5.41, 5.74) is 2.44. The third-order valence-corrected chi connectivity index (χ3v) is 5.19. The van der Waals surface area contributed by atoms with E-state index in [-0.39, 0.29) is 12.3 Å². The van der Waals surface area contributed by atoms with Crippen LogP contribution in [0.5, 0.6) is 11.5 Å². The molecule has 0 atom stereocenters. The van der Waals surface area contributed by atoms with Gasteiger partial charge >= 0.3 is 5.69 Å². The molecule has 0 unspecified atom stereocenters. The first-order chi connectivity index (χ1) is 15.1. The van der Waals surface area contributed by atoms with Gasteiger partial charge in [0.05, 0.1) is 20.8 Å². The van der Waals surface area contributed by atoms with Crippen LogP contribution < -0.4 is 20.7 Å². The average molecular weight is 424 g/mol. The molecule has 0 bridgehead atoms. The molecule has 3 rings (SSSR count). The van der Waals surface area contributed by atoms with E-state index in [1.165, 1.54) is 4.57 Å². The third kappa shape index (κ3) is 5.44. The van der Waals surface area contributed by atoms with Crippen molar-refractivity contribution in [3.63, 3.8) is 0 Å². The Morgan fingerprint density at radius 2 is 1.68 bits per heavy atom. The zero-order chi connectivity index (χ0) is 22.2. The smallest absolute Gasteiger partial charge is 0.330 e. The van der Waals surface area contributed by atoms with E-state index in [4.69, 9.17) is 14.2 Å². The molecule has 7 heteroatoms. The normalized spacial score (nSPS) is 10.8. The lowest BCUT2D eigenvalue weighted by molar-refractivity contribution is 0.0740. The van der Waals surface area contributed by atoms with Crippen LogP contribution in [-0.4, -0.2) is 30.4 Å². The zero-order valence-electron chi connectivity index (χ0n) is 18.1. The van der Waals surface area contributed by atoms with Crippen molar-refractivity contribution in [3.8, 4) is 11.5 Å². The van der Waals surface area contributed by atoms with Crippen molar-refractivity contribution in [2.75, 3.05) is 20.8 Å². The van der Waals surface area contributed by atoms with E-state index in [1.54, 1.807) is 14.2 Å². The Morgan fingerprint density at radius 1 is 0.935 bits per heavy atom. The molecule has 0 aliphatic rings. The van der Waals surface area contributed by atoms with Gasteiger partial charge in [-0.2, -0.15) is 0 Å². The molecule has 3 aromatic rings. The van der Waals surface area contributed by atoms with Crippen LogP contribution in [0.4, 0.5) is 0 Å². The maximum atomic E-state index is 12.6. The van der Waals surface area contributed by atoms with Crippen LogP contribution in [0.3, 0.4) is 0 Å². The number of aromatic amines is 1. The summed E-state index contributed by atoms with van der Waals surface area (Å²) in [5, 5.41) is 0. The predicted molar refractivity (Wildman–Crippen MR) is 119 cm³/mol. The molecule has 164 valence electrons. The van der Waals surface area contributed by atoms with E-state index in [1.807, 2.05) is 55.5 Å². The molecule has 0 aliphatic heterocycles. The quantitative estimate of drug-likeness (QED) is 0.506. The van der Waals surface area contributed by atoms with E-state index in [0.29, 0.717) is 42.2 Å². The number of H-pyrrole nitrogens is 1. The highest BCUT2D eigenvalue weighted by atomic mass is 16.5. The van der Waals surface area contributed by atoms with Crippen molar-refractivity contribution in [3.05, 3.63) is 91.8 Å². The number of methoxy groups -OCH3 is 2. The standard InChI is InChI=1S/C24H28N2O5/c1-4-19-20(14-18-10-11-21(29-2)22(15-18)30-3)26(24(28)25-23(19)27)16-31-13-12-17-8-6-5-7-9-17/h5-11,15H,4,12-14,16H2,1-3H3,(H,25,27,28). The lowest BCUT2D eigenvalue weighted by atomic mass is 10.0. The SMILES string of the molecule is CCc1c(Cc2ccc(OC)c(OC)c2)n(COCCc2ccccc2)c(=O)[nH]c1=O. The molecule has 1 N–H and O–H groups in total. The maximum absolute atomic E-state index is 12.6.